The van der Waals surface area contributed by atoms with Crippen LogP contribution in [-0.4, -0.2) is 79.2 Å². The first-order chi connectivity index (χ1) is 14.6. The topological polar surface area (TPSA) is 94.6 Å². The van der Waals surface area contributed by atoms with E-state index in [2.05, 4.69) is 0 Å². The molecule has 2 fully saturated rings. The van der Waals surface area contributed by atoms with Crippen molar-refractivity contribution >= 4 is 17.8 Å². The Kier molecular flexibility index (Phi) is 6.45. The van der Waals surface area contributed by atoms with E-state index in [4.69, 9.17) is 18.9 Å². The van der Waals surface area contributed by atoms with Crippen LogP contribution in [0.15, 0.2) is 18.2 Å². The van der Waals surface area contributed by atoms with Crippen molar-refractivity contribution in [3.8, 4) is 11.5 Å². The minimum absolute atomic E-state index is 0.0459. The number of hydrogen-bond acceptors (Lipinski definition) is 7. The number of hydrogen-bond donors (Lipinski definition) is 0. The van der Waals surface area contributed by atoms with Gasteiger partial charge in [-0.1, -0.05) is 0 Å². The predicted octanol–water partition coefficient (Wildman–Crippen LogP) is 2.01. The van der Waals surface area contributed by atoms with E-state index in [1.165, 1.54) is 4.90 Å². The number of carbonyl (C=O) groups excluding carboxylic acids is 3. The van der Waals surface area contributed by atoms with Crippen LogP contribution in [0.4, 0.5) is 4.79 Å². The van der Waals surface area contributed by atoms with Gasteiger partial charge < -0.3 is 28.7 Å². The molecule has 1 atom stereocenters. The van der Waals surface area contributed by atoms with E-state index in [0.29, 0.717) is 18.0 Å². The van der Waals surface area contributed by atoms with Crippen LogP contribution in [0.3, 0.4) is 0 Å². The highest BCUT2D eigenvalue weighted by Gasteiger charge is 2.51. The largest absolute Gasteiger partial charge is 0.497 e. The number of ketones is 1. The monoisotopic (exact) mass is 434 g/mol. The second-order valence-corrected chi connectivity index (χ2v) is 8.77. The molecular weight excluding hydrogens is 404 g/mol. The fourth-order valence-electron chi connectivity index (χ4n) is 3.76. The first kappa shape index (κ1) is 22.9. The lowest BCUT2D eigenvalue weighted by atomic mass is 9.88. The van der Waals surface area contributed by atoms with Gasteiger partial charge in [-0.2, -0.15) is 0 Å². The Hall–Kier alpha value is -2.81. The van der Waals surface area contributed by atoms with Crippen molar-refractivity contribution in [1.29, 1.82) is 0 Å². The summed E-state index contributed by atoms with van der Waals surface area (Å²) in [6.07, 6.45) is -0.774. The highest BCUT2D eigenvalue weighted by atomic mass is 16.6. The average molecular weight is 434 g/mol. The number of ether oxygens (including phenoxy) is 4. The summed E-state index contributed by atoms with van der Waals surface area (Å²) in [4.78, 5) is 41.1. The molecule has 9 nitrogen and oxygen atoms in total. The van der Waals surface area contributed by atoms with Crippen LogP contribution >= 0.6 is 0 Å². The van der Waals surface area contributed by atoms with E-state index < -0.39 is 17.3 Å². The van der Waals surface area contributed by atoms with E-state index in [1.54, 1.807) is 52.0 Å². The van der Waals surface area contributed by atoms with Gasteiger partial charge >= 0.3 is 6.09 Å². The van der Waals surface area contributed by atoms with Gasteiger partial charge in [0.05, 0.1) is 40.3 Å². The normalized spacial score (nSPS) is 22.0. The fourth-order valence-corrected chi connectivity index (χ4v) is 3.76. The molecule has 1 aromatic rings. The number of Topliss-reactive ketones (excluding diaryl/α,β-unsaturated/α-hetero) is 1. The molecule has 1 aromatic carbocycles. The molecule has 170 valence electrons. The second kappa shape index (κ2) is 8.74. The van der Waals surface area contributed by atoms with Crippen LogP contribution in [0.5, 0.6) is 11.5 Å². The standard InChI is InChI=1S/C22H30N2O7/c1-21(2,3)31-20(27)23-8-9-30-22(13-23)14-24(19(26)11-18(22)25)12-15-6-7-16(28-4)10-17(15)29-5/h6-7,10H,8-9,11-14H2,1-5H3. The molecule has 3 rings (SSSR count). The zero-order chi connectivity index (χ0) is 22.8. The number of carbonyl (C=O) groups is 3. The molecule has 2 aliphatic rings. The smallest absolute Gasteiger partial charge is 0.410 e. The molecule has 1 unspecified atom stereocenters. The van der Waals surface area contributed by atoms with Crippen molar-refractivity contribution in [2.24, 2.45) is 0 Å². The summed E-state index contributed by atoms with van der Waals surface area (Å²) < 4.78 is 22.0. The Morgan fingerprint density at radius 3 is 2.55 bits per heavy atom. The van der Waals surface area contributed by atoms with E-state index in [1.807, 2.05) is 6.07 Å². The summed E-state index contributed by atoms with van der Waals surface area (Å²) in [5.74, 6) is 0.620. The van der Waals surface area contributed by atoms with Crippen LogP contribution in [0, 0.1) is 0 Å². The van der Waals surface area contributed by atoms with Crippen LogP contribution in [0.1, 0.15) is 32.8 Å². The average Bonchev–Trinajstić information content (AvgIpc) is 2.71. The number of morpholine rings is 1. The number of benzene rings is 1. The van der Waals surface area contributed by atoms with Crippen molar-refractivity contribution in [1.82, 2.24) is 9.80 Å². The minimum Gasteiger partial charge on any atom is -0.497 e. The molecular formula is C22H30N2O7. The van der Waals surface area contributed by atoms with Gasteiger partial charge in [-0.05, 0) is 32.9 Å². The van der Waals surface area contributed by atoms with Gasteiger partial charge in [0.1, 0.15) is 17.1 Å². The van der Waals surface area contributed by atoms with Crippen LogP contribution < -0.4 is 9.47 Å². The van der Waals surface area contributed by atoms with Gasteiger partial charge in [-0.15, -0.1) is 0 Å². The van der Waals surface area contributed by atoms with Crippen molar-refractivity contribution in [2.45, 2.75) is 44.9 Å². The molecule has 0 bridgehead atoms. The van der Waals surface area contributed by atoms with Gasteiger partial charge in [-0.25, -0.2) is 4.79 Å². The Balaban J connectivity index is 1.79. The molecule has 0 saturated carbocycles. The summed E-state index contributed by atoms with van der Waals surface area (Å²) >= 11 is 0. The van der Waals surface area contributed by atoms with Crippen LogP contribution in [-0.2, 0) is 25.6 Å². The summed E-state index contributed by atoms with van der Waals surface area (Å²) in [7, 11) is 3.11. The molecule has 2 saturated heterocycles. The second-order valence-electron chi connectivity index (χ2n) is 8.77. The van der Waals surface area contributed by atoms with Crippen LogP contribution in [0.2, 0.25) is 0 Å². The maximum Gasteiger partial charge on any atom is 0.410 e. The molecule has 2 amide bonds. The lowest BCUT2D eigenvalue weighted by molar-refractivity contribution is -0.173. The van der Waals surface area contributed by atoms with Gasteiger partial charge in [0.25, 0.3) is 0 Å². The Morgan fingerprint density at radius 1 is 1.16 bits per heavy atom. The van der Waals surface area contributed by atoms with Gasteiger partial charge in [0.15, 0.2) is 11.4 Å². The molecule has 0 N–H and O–H groups in total. The highest BCUT2D eigenvalue weighted by Crippen LogP contribution is 2.31. The lowest BCUT2D eigenvalue weighted by Crippen LogP contribution is -2.66. The number of likely N-dealkylation sites (tertiary alicyclic amines) is 1. The van der Waals surface area contributed by atoms with E-state index in [0.717, 1.165) is 5.56 Å². The molecule has 9 heteroatoms. The summed E-state index contributed by atoms with van der Waals surface area (Å²) in [6.45, 7) is 6.23. The quantitative estimate of drug-likeness (QED) is 0.669. The minimum atomic E-state index is -1.26. The number of piperidine rings is 1. The number of rotatable bonds is 4. The maximum atomic E-state index is 12.8. The van der Waals surface area contributed by atoms with E-state index in [-0.39, 0.29) is 44.4 Å². The first-order valence-corrected chi connectivity index (χ1v) is 10.2. The number of amides is 2. The SMILES string of the molecule is COc1ccc(CN2CC3(CN(C(=O)OC(C)(C)C)CCO3)C(=O)CC2=O)c(OC)c1. The van der Waals surface area contributed by atoms with Crippen molar-refractivity contribution in [2.75, 3.05) is 40.5 Å². The zero-order valence-electron chi connectivity index (χ0n) is 18.7. The lowest BCUT2D eigenvalue weighted by Gasteiger charge is -2.46. The van der Waals surface area contributed by atoms with Crippen molar-refractivity contribution < 1.29 is 33.3 Å². The zero-order valence-corrected chi connectivity index (χ0v) is 18.7. The molecule has 2 heterocycles. The molecule has 2 aliphatic heterocycles. The number of nitrogens with zero attached hydrogens (tertiary/aromatic N) is 2. The molecule has 1 spiro atoms. The van der Waals surface area contributed by atoms with Crippen molar-refractivity contribution in [3.05, 3.63) is 23.8 Å². The summed E-state index contributed by atoms with van der Waals surface area (Å²) in [5, 5.41) is 0. The third kappa shape index (κ3) is 5.10. The van der Waals surface area contributed by atoms with Crippen molar-refractivity contribution in [3.63, 3.8) is 0 Å². The Bertz CT molecular complexity index is 864. The molecule has 0 aromatic heterocycles. The Labute approximate surface area is 182 Å². The Morgan fingerprint density at radius 2 is 1.90 bits per heavy atom. The summed E-state index contributed by atoms with van der Waals surface area (Å²) in [6, 6.07) is 5.35. The van der Waals surface area contributed by atoms with Crippen LogP contribution in [0.25, 0.3) is 0 Å². The van der Waals surface area contributed by atoms with E-state index in [9.17, 15) is 14.4 Å². The van der Waals surface area contributed by atoms with Gasteiger partial charge in [0, 0.05) is 24.7 Å². The summed E-state index contributed by atoms with van der Waals surface area (Å²) in [5.41, 5.74) is -1.13. The molecule has 0 radical (unpaired) electrons. The fraction of sp³-hybridized carbons (Fsp3) is 0.591. The van der Waals surface area contributed by atoms with Gasteiger partial charge in [0.2, 0.25) is 5.91 Å². The van der Waals surface area contributed by atoms with Gasteiger partial charge in [-0.3, -0.25) is 9.59 Å². The third-order valence-electron chi connectivity index (χ3n) is 5.31. The first-order valence-electron chi connectivity index (χ1n) is 10.2. The molecule has 0 aliphatic carbocycles. The molecule has 31 heavy (non-hydrogen) atoms. The maximum absolute atomic E-state index is 12.8. The third-order valence-corrected chi connectivity index (χ3v) is 5.31. The van der Waals surface area contributed by atoms with E-state index >= 15 is 0 Å². The number of methoxy groups -OCH3 is 2. The highest BCUT2D eigenvalue weighted by molar-refractivity contribution is 6.05. The predicted molar refractivity (Wildman–Crippen MR) is 111 cm³/mol.